The van der Waals surface area contributed by atoms with Crippen LogP contribution in [0, 0.1) is 12.8 Å². The van der Waals surface area contributed by atoms with Crippen LogP contribution in [0.4, 0.5) is 0 Å². The Morgan fingerprint density at radius 3 is 2.52 bits per heavy atom. The number of nitrogens with zero attached hydrogens (tertiary/aromatic N) is 1. The standard InChI is InChI=1S/C16H23ClN2O2S.ClH/c1-12-14(17)4-2-6-16(12)22(20,21)19-10-7-13(8-11-19)15-5-3-9-18-15;/h2,4,6,13,15,18H,3,5,7-11H2,1H3;1H. The maximum Gasteiger partial charge on any atom is 0.243 e. The number of hydrogen-bond donors (Lipinski definition) is 1. The predicted octanol–water partition coefficient (Wildman–Crippen LogP) is 3.22. The van der Waals surface area contributed by atoms with Crippen molar-refractivity contribution >= 4 is 34.0 Å². The number of sulfonamides is 1. The molecule has 0 bridgehead atoms. The lowest BCUT2D eigenvalue weighted by Gasteiger charge is -2.34. The first-order valence-corrected chi connectivity index (χ1v) is 9.80. The molecule has 2 heterocycles. The van der Waals surface area contributed by atoms with E-state index in [1.165, 1.54) is 12.8 Å². The molecule has 0 radical (unpaired) electrons. The molecule has 0 saturated carbocycles. The molecule has 1 unspecified atom stereocenters. The summed E-state index contributed by atoms with van der Waals surface area (Å²) < 4.78 is 27.3. The number of rotatable bonds is 3. The molecule has 0 amide bonds. The van der Waals surface area contributed by atoms with E-state index in [-0.39, 0.29) is 12.4 Å². The fourth-order valence-electron chi connectivity index (χ4n) is 3.64. The Morgan fingerprint density at radius 1 is 1.22 bits per heavy atom. The van der Waals surface area contributed by atoms with Crippen molar-refractivity contribution in [3.63, 3.8) is 0 Å². The van der Waals surface area contributed by atoms with Gasteiger partial charge >= 0.3 is 0 Å². The van der Waals surface area contributed by atoms with Crippen molar-refractivity contribution in [3.8, 4) is 0 Å². The summed E-state index contributed by atoms with van der Waals surface area (Å²) in [6, 6.07) is 5.67. The first-order chi connectivity index (χ1) is 10.5. The fourth-order valence-corrected chi connectivity index (χ4v) is 5.59. The first kappa shape index (κ1) is 19.0. The summed E-state index contributed by atoms with van der Waals surface area (Å²) in [7, 11) is -3.43. The molecule has 3 rings (SSSR count). The van der Waals surface area contributed by atoms with Crippen LogP contribution in [0.2, 0.25) is 5.02 Å². The van der Waals surface area contributed by atoms with Crippen molar-refractivity contribution in [2.45, 2.75) is 43.5 Å². The van der Waals surface area contributed by atoms with E-state index in [9.17, 15) is 8.42 Å². The molecule has 23 heavy (non-hydrogen) atoms. The molecular formula is C16H24Cl2N2O2S. The van der Waals surface area contributed by atoms with Gasteiger partial charge in [-0.05, 0) is 62.8 Å². The molecule has 2 fully saturated rings. The Bertz CT molecular complexity index is 637. The Hall–Kier alpha value is -0.330. The molecule has 2 aliphatic heterocycles. The molecule has 0 aliphatic carbocycles. The second-order valence-electron chi connectivity index (χ2n) is 6.31. The van der Waals surface area contributed by atoms with Gasteiger partial charge in [0.2, 0.25) is 10.0 Å². The average molecular weight is 379 g/mol. The number of hydrogen-bond acceptors (Lipinski definition) is 3. The van der Waals surface area contributed by atoms with E-state index in [1.54, 1.807) is 29.4 Å². The van der Waals surface area contributed by atoms with E-state index in [4.69, 9.17) is 11.6 Å². The van der Waals surface area contributed by atoms with Crippen LogP contribution in [-0.2, 0) is 10.0 Å². The minimum Gasteiger partial charge on any atom is -0.314 e. The molecule has 7 heteroatoms. The van der Waals surface area contributed by atoms with Crippen molar-refractivity contribution in [1.82, 2.24) is 9.62 Å². The van der Waals surface area contributed by atoms with Gasteiger partial charge in [0.1, 0.15) is 0 Å². The summed E-state index contributed by atoms with van der Waals surface area (Å²) in [5.41, 5.74) is 0.642. The highest BCUT2D eigenvalue weighted by molar-refractivity contribution is 7.89. The monoisotopic (exact) mass is 378 g/mol. The van der Waals surface area contributed by atoms with Gasteiger partial charge in [-0.2, -0.15) is 4.31 Å². The molecule has 4 nitrogen and oxygen atoms in total. The van der Waals surface area contributed by atoms with Crippen molar-refractivity contribution in [2.75, 3.05) is 19.6 Å². The van der Waals surface area contributed by atoms with E-state index in [1.807, 2.05) is 0 Å². The Kier molecular flexibility index (Phi) is 6.36. The summed E-state index contributed by atoms with van der Waals surface area (Å²) in [4.78, 5) is 0.345. The van der Waals surface area contributed by atoms with Crippen LogP contribution in [0.1, 0.15) is 31.2 Å². The lowest BCUT2D eigenvalue weighted by molar-refractivity contribution is 0.234. The normalized spacial score (nSPS) is 23.7. The van der Waals surface area contributed by atoms with Gasteiger partial charge in [0.25, 0.3) is 0 Å². The highest BCUT2D eigenvalue weighted by Gasteiger charge is 2.34. The average Bonchev–Trinajstić information content (AvgIpc) is 3.04. The largest absolute Gasteiger partial charge is 0.314 e. The molecule has 1 aromatic rings. The number of piperidine rings is 1. The lowest BCUT2D eigenvalue weighted by Crippen LogP contribution is -2.43. The van der Waals surface area contributed by atoms with E-state index < -0.39 is 10.0 Å². The van der Waals surface area contributed by atoms with Gasteiger partial charge in [0.05, 0.1) is 4.90 Å². The fraction of sp³-hybridized carbons (Fsp3) is 0.625. The van der Waals surface area contributed by atoms with Gasteiger partial charge in [0.15, 0.2) is 0 Å². The van der Waals surface area contributed by atoms with E-state index in [0.29, 0.717) is 40.5 Å². The molecule has 0 aromatic heterocycles. The zero-order valence-corrected chi connectivity index (χ0v) is 15.7. The van der Waals surface area contributed by atoms with Crippen molar-refractivity contribution < 1.29 is 8.42 Å². The Balaban J connectivity index is 0.00000192. The lowest BCUT2D eigenvalue weighted by atomic mass is 9.89. The third-order valence-corrected chi connectivity index (χ3v) is 7.45. The molecule has 1 atom stereocenters. The van der Waals surface area contributed by atoms with Crippen molar-refractivity contribution in [3.05, 3.63) is 28.8 Å². The Labute approximate surface area is 150 Å². The zero-order valence-electron chi connectivity index (χ0n) is 13.3. The maximum atomic E-state index is 12.8. The van der Waals surface area contributed by atoms with Gasteiger partial charge in [-0.1, -0.05) is 17.7 Å². The third-order valence-electron chi connectivity index (χ3n) is 5.00. The van der Waals surface area contributed by atoms with Crippen LogP contribution >= 0.6 is 24.0 Å². The smallest absolute Gasteiger partial charge is 0.243 e. The van der Waals surface area contributed by atoms with Gasteiger partial charge in [0, 0.05) is 24.2 Å². The Morgan fingerprint density at radius 2 is 1.91 bits per heavy atom. The van der Waals surface area contributed by atoms with Crippen LogP contribution in [0.3, 0.4) is 0 Å². The van der Waals surface area contributed by atoms with Gasteiger partial charge in [-0.15, -0.1) is 12.4 Å². The molecule has 1 aromatic carbocycles. The summed E-state index contributed by atoms with van der Waals surface area (Å²) >= 11 is 6.08. The molecule has 2 aliphatic rings. The second-order valence-corrected chi connectivity index (χ2v) is 8.62. The number of nitrogens with one attached hydrogen (secondary N) is 1. The predicted molar refractivity (Wildman–Crippen MR) is 95.9 cm³/mol. The second kappa shape index (κ2) is 7.70. The molecule has 0 spiro atoms. The third kappa shape index (κ3) is 3.85. The molecule has 130 valence electrons. The number of halogens is 2. The molecule has 1 N–H and O–H groups in total. The first-order valence-electron chi connectivity index (χ1n) is 7.99. The minimum absolute atomic E-state index is 0. The highest BCUT2D eigenvalue weighted by Crippen LogP contribution is 2.31. The van der Waals surface area contributed by atoms with Crippen LogP contribution in [-0.4, -0.2) is 38.4 Å². The highest BCUT2D eigenvalue weighted by atomic mass is 35.5. The van der Waals surface area contributed by atoms with Crippen LogP contribution < -0.4 is 5.32 Å². The van der Waals surface area contributed by atoms with E-state index in [2.05, 4.69) is 5.32 Å². The van der Waals surface area contributed by atoms with Crippen LogP contribution in [0.5, 0.6) is 0 Å². The quantitative estimate of drug-likeness (QED) is 0.877. The maximum absolute atomic E-state index is 12.8. The number of benzene rings is 1. The summed E-state index contributed by atoms with van der Waals surface area (Å²) in [5, 5.41) is 4.05. The van der Waals surface area contributed by atoms with Crippen LogP contribution in [0.15, 0.2) is 23.1 Å². The van der Waals surface area contributed by atoms with Gasteiger partial charge in [-0.25, -0.2) is 8.42 Å². The SMILES string of the molecule is Cc1c(Cl)cccc1S(=O)(=O)N1CCC(C2CCCN2)CC1.Cl. The summed E-state index contributed by atoms with van der Waals surface area (Å²) in [6.45, 7) is 4.09. The molecular weight excluding hydrogens is 355 g/mol. The summed E-state index contributed by atoms with van der Waals surface area (Å²) in [5.74, 6) is 0.606. The topological polar surface area (TPSA) is 49.4 Å². The van der Waals surface area contributed by atoms with Gasteiger partial charge in [-0.3, -0.25) is 0 Å². The van der Waals surface area contributed by atoms with Crippen LogP contribution in [0.25, 0.3) is 0 Å². The summed E-state index contributed by atoms with van der Waals surface area (Å²) in [6.07, 6.45) is 4.35. The van der Waals surface area contributed by atoms with E-state index in [0.717, 1.165) is 19.4 Å². The van der Waals surface area contributed by atoms with Crippen molar-refractivity contribution in [2.24, 2.45) is 5.92 Å². The zero-order chi connectivity index (χ0) is 15.7. The van der Waals surface area contributed by atoms with E-state index >= 15 is 0 Å². The minimum atomic E-state index is -3.43. The van der Waals surface area contributed by atoms with Crippen molar-refractivity contribution in [1.29, 1.82) is 0 Å². The molecule has 2 saturated heterocycles. The van der Waals surface area contributed by atoms with Gasteiger partial charge < -0.3 is 5.32 Å².